The molecule has 0 fully saturated rings. The molecule has 0 bridgehead atoms. The van der Waals surface area contributed by atoms with Crippen LogP contribution in [0.4, 0.5) is 17.2 Å². The Morgan fingerprint density at radius 1 is 1.00 bits per heavy atom. The molecule has 138 valence electrons. The van der Waals surface area contributed by atoms with Gasteiger partial charge >= 0.3 is 0 Å². The van der Waals surface area contributed by atoms with Gasteiger partial charge in [0.1, 0.15) is 11.4 Å². The molecule has 6 nitrogen and oxygen atoms in total. The standard InChI is InChI=1S/C21H22N4O2/c1-3-25(17-8-6-5-7-9-17)20-15-22-19(14-23-20)21(26)24-16-10-12-18(13-11-16)27-4-2/h5-15H,3-4H2,1-2H3,(H,24,26). The van der Waals surface area contributed by atoms with Crippen LogP contribution in [0.15, 0.2) is 67.0 Å². The molecule has 0 aliphatic rings. The number of ether oxygens (including phenoxy) is 1. The lowest BCUT2D eigenvalue weighted by Crippen LogP contribution is -2.19. The van der Waals surface area contributed by atoms with E-state index in [2.05, 4.69) is 15.3 Å². The van der Waals surface area contributed by atoms with E-state index in [1.165, 1.54) is 6.20 Å². The monoisotopic (exact) mass is 362 g/mol. The van der Waals surface area contributed by atoms with Gasteiger partial charge in [-0.15, -0.1) is 0 Å². The average molecular weight is 362 g/mol. The van der Waals surface area contributed by atoms with E-state index < -0.39 is 0 Å². The van der Waals surface area contributed by atoms with Crippen LogP contribution in [0.5, 0.6) is 5.75 Å². The minimum Gasteiger partial charge on any atom is -0.494 e. The SMILES string of the molecule is CCOc1ccc(NC(=O)c2cnc(N(CC)c3ccccc3)cn2)cc1. The van der Waals surface area contributed by atoms with Gasteiger partial charge in [0, 0.05) is 17.9 Å². The Labute approximate surface area is 158 Å². The van der Waals surface area contributed by atoms with Crippen LogP contribution in [0.25, 0.3) is 0 Å². The van der Waals surface area contributed by atoms with E-state index in [0.717, 1.165) is 18.0 Å². The third-order valence-electron chi connectivity index (χ3n) is 3.95. The van der Waals surface area contributed by atoms with Crippen molar-refractivity contribution in [3.05, 3.63) is 72.7 Å². The summed E-state index contributed by atoms with van der Waals surface area (Å²) in [5.41, 5.74) is 1.96. The normalized spacial score (nSPS) is 10.3. The van der Waals surface area contributed by atoms with Crippen LogP contribution in [-0.2, 0) is 0 Å². The van der Waals surface area contributed by atoms with Crippen LogP contribution in [0.2, 0.25) is 0 Å². The van der Waals surface area contributed by atoms with Crippen molar-refractivity contribution in [3.8, 4) is 5.75 Å². The molecule has 1 N–H and O–H groups in total. The van der Waals surface area contributed by atoms with Crippen molar-refractivity contribution in [1.82, 2.24) is 9.97 Å². The van der Waals surface area contributed by atoms with Gasteiger partial charge in [0.2, 0.25) is 0 Å². The summed E-state index contributed by atoms with van der Waals surface area (Å²) in [4.78, 5) is 23.1. The number of amides is 1. The van der Waals surface area contributed by atoms with Crippen molar-refractivity contribution in [3.63, 3.8) is 0 Å². The highest BCUT2D eigenvalue weighted by Gasteiger charge is 2.12. The topological polar surface area (TPSA) is 67.3 Å². The van der Waals surface area contributed by atoms with E-state index in [0.29, 0.717) is 18.1 Å². The van der Waals surface area contributed by atoms with E-state index in [-0.39, 0.29) is 11.6 Å². The minimum atomic E-state index is -0.305. The van der Waals surface area contributed by atoms with E-state index >= 15 is 0 Å². The highest BCUT2D eigenvalue weighted by Crippen LogP contribution is 2.22. The van der Waals surface area contributed by atoms with E-state index in [4.69, 9.17) is 4.74 Å². The molecule has 0 unspecified atom stereocenters. The fourth-order valence-electron chi connectivity index (χ4n) is 2.66. The molecule has 1 aromatic heterocycles. The second kappa shape index (κ2) is 8.80. The summed E-state index contributed by atoms with van der Waals surface area (Å²) in [7, 11) is 0. The summed E-state index contributed by atoms with van der Waals surface area (Å²) in [5, 5.41) is 2.81. The number of para-hydroxylation sites is 1. The molecule has 27 heavy (non-hydrogen) atoms. The van der Waals surface area contributed by atoms with Crippen molar-refractivity contribution in [2.75, 3.05) is 23.4 Å². The lowest BCUT2D eigenvalue weighted by molar-refractivity contribution is 0.102. The molecule has 3 rings (SSSR count). The van der Waals surface area contributed by atoms with Gasteiger partial charge in [-0.1, -0.05) is 18.2 Å². The number of carbonyl (C=O) groups excluding carboxylic acids is 1. The molecule has 0 atom stereocenters. The van der Waals surface area contributed by atoms with Gasteiger partial charge in [-0.25, -0.2) is 9.97 Å². The number of anilines is 3. The van der Waals surface area contributed by atoms with Gasteiger partial charge in [-0.2, -0.15) is 0 Å². The smallest absolute Gasteiger partial charge is 0.275 e. The summed E-state index contributed by atoms with van der Waals surface area (Å²) in [5.74, 6) is 1.16. The third kappa shape index (κ3) is 4.61. The minimum absolute atomic E-state index is 0.261. The van der Waals surface area contributed by atoms with Crippen LogP contribution >= 0.6 is 0 Å². The summed E-state index contributed by atoms with van der Waals surface area (Å²) >= 11 is 0. The molecule has 1 amide bonds. The third-order valence-corrected chi connectivity index (χ3v) is 3.95. The molecule has 0 spiro atoms. The van der Waals surface area contributed by atoms with Gasteiger partial charge in [-0.05, 0) is 50.2 Å². The molecule has 1 heterocycles. The molecule has 0 saturated carbocycles. The van der Waals surface area contributed by atoms with Crippen LogP contribution in [0, 0.1) is 0 Å². The van der Waals surface area contributed by atoms with Crippen molar-refractivity contribution >= 4 is 23.1 Å². The summed E-state index contributed by atoms with van der Waals surface area (Å²) < 4.78 is 5.39. The molecule has 3 aromatic rings. The summed E-state index contributed by atoms with van der Waals surface area (Å²) in [6.45, 7) is 5.32. The van der Waals surface area contributed by atoms with Gasteiger partial charge in [0.15, 0.2) is 5.82 Å². The second-order valence-corrected chi connectivity index (χ2v) is 5.75. The fraction of sp³-hybridized carbons (Fsp3) is 0.190. The largest absolute Gasteiger partial charge is 0.494 e. The average Bonchev–Trinajstić information content (AvgIpc) is 2.71. The molecular formula is C21H22N4O2. The van der Waals surface area contributed by atoms with Crippen LogP contribution < -0.4 is 15.0 Å². The Hall–Kier alpha value is -3.41. The zero-order valence-corrected chi connectivity index (χ0v) is 15.4. The molecule has 2 aromatic carbocycles. The molecule has 0 radical (unpaired) electrons. The number of nitrogens with zero attached hydrogens (tertiary/aromatic N) is 3. The van der Waals surface area contributed by atoms with Crippen LogP contribution in [0.1, 0.15) is 24.3 Å². The predicted molar refractivity (Wildman–Crippen MR) is 107 cm³/mol. The fourth-order valence-corrected chi connectivity index (χ4v) is 2.66. The maximum Gasteiger partial charge on any atom is 0.275 e. The quantitative estimate of drug-likeness (QED) is 0.679. The Bertz CT molecular complexity index is 865. The maximum atomic E-state index is 12.4. The molecule has 0 aliphatic heterocycles. The number of carbonyl (C=O) groups is 1. The van der Waals surface area contributed by atoms with Crippen LogP contribution in [-0.4, -0.2) is 29.0 Å². The first kappa shape index (κ1) is 18.4. The van der Waals surface area contributed by atoms with Gasteiger partial charge < -0.3 is 15.0 Å². The van der Waals surface area contributed by atoms with E-state index in [9.17, 15) is 4.79 Å². The van der Waals surface area contributed by atoms with Crippen LogP contribution in [0.3, 0.4) is 0 Å². The zero-order chi connectivity index (χ0) is 19.1. The molecule has 0 saturated heterocycles. The van der Waals surface area contributed by atoms with Gasteiger partial charge in [-0.3, -0.25) is 4.79 Å². The first-order valence-corrected chi connectivity index (χ1v) is 8.90. The number of benzene rings is 2. The Kier molecular flexibility index (Phi) is 5.99. The predicted octanol–water partition coefficient (Wildman–Crippen LogP) is 4.29. The van der Waals surface area contributed by atoms with E-state index in [1.807, 2.05) is 61.2 Å². The van der Waals surface area contributed by atoms with Crippen molar-refractivity contribution in [1.29, 1.82) is 0 Å². The zero-order valence-electron chi connectivity index (χ0n) is 15.4. The van der Waals surface area contributed by atoms with Gasteiger partial charge in [0.25, 0.3) is 5.91 Å². The highest BCUT2D eigenvalue weighted by molar-refractivity contribution is 6.02. The van der Waals surface area contributed by atoms with Crippen molar-refractivity contribution in [2.45, 2.75) is 13.8 Å². The second-order valence-electron chi connectivity index (χ2n) is 5.75. The van der Waals surface area contributed by atoms with Crippen molar-refractivity contribution < 1.29 is 9.53 Å². The van der Waals surface area contributed by atoms with E-state index in [1.54, 1.807) is 18.3 Å². The maximum absolute atomic E-state index is 12.4. The number of hydrogen-bond acceptors (Lipinski definition) is 5. The number of hydrogen-bond donors (Lipinski definition) is 1. The Morgan fingerprint density at radius 2 is 1.74 bits per heavy atom. The lowest BCUT2D eigenvalue weighted by atomic mass is 10.3. The number of nitrogens with one attached hydrogen (secondary N) is 1. The molecule has 6 heteroatoms. The summed E-state index contributed by atoms with van der Waals surface area (Å²) in [6.07, 6.45) is 3.11. The number of aromatic nitrogens is 2. The lowest BCUT2D eigenvalue weighted by Gasteiger charge is -2.21. The molecule has 0 aliphatic carbocycles. The highest BCUT2D eigenvalue weighted by atomic mass is 16.5. The Balaban J connectivity index is 1.69. The van der Waals surface area contributed by atoms with Crippen molar-refractivity contribution in [2.24, 2.45) is 0 Å². The molecular weight excluding hydrogens is 340 g/mol. The Morgan fingerprint density at radius 3 is 2.33 bits per heavy atom. The van der Waals surface area contributed by atoms with Gasteiger partial charge in [0.05, 0.1) is 19.0 Å². The first-order valence-electron chi connectivity index (χ1n) is 8.90. The summed E-state index contributed by atoms with van der Waals surface area (Å²) in [6, 6.07) is 17.2. The first-order chi connectivity index (χ1) is 13.2. The number of rotatable bonds is 7.